The van der Waals surface area contributed by atoms with E-state index in [1.807, 2.05) is 6.07 Å². The van der Waals surface area contributed by atoms with Gasteiger partial charge >= 0.3 is 0 Å². The number of nitrogens with one attached hydrogen (secondary N) is 1. The molecule has 7 heteroatoms. The van der Waals surface area contributed by atoms with Gasteiger partial charge in [0, 0.05) is 18.7 Å². The number of hydrogen-bond donors (Lipinski definition) is 1. The van der Waals surface area contributed by atoms with Crippen LogP contribution in [0.2, 0.25) is 0 Å². The average molecular weight is 298 g/mol. The Bertz CT molecular complexity index is 656. The summed E-state index contributed by atoms with van der Waals surface area (Å²) >= 11 is 0. The Labute approximate surface area is 116 Å². The molecule has 108 valence electrons. The normalized spacial score (nSPS) is 13.3. The molecule has 5 nitrogen and oxygen atoms in total. The number of hydrogen-bond acceptors (Lipinski definition) is 4. The van der Waals surface area contributed by atoms with Gasteiger partial charge in [0.05, 0.1) is 6.26 Å². The first kappa shape index (κ1) is 14.7. The third-order valence-electron chi connectivity index (χ3n) is 2.74. The topological polar surface area (TPSA) is 72.2 Å². The molecule has 0 amide bonds. The summed E-state index contributed by atoms with van der Waals surface area (Å²) in [5, 5.41) is -0.579. The quantitative estimate of drug-likeness (QED) is 0.886. The first-order chi connectivity index (χ1) is 9.49. The van der Waals surface area contributed by atoms with Crippen LogP contribution in [0.25, 0.3) is 0 Å². The number of pyridine rings is 1. The van der Waals surface area contributed by atoms with Crippen LogP contribution in [-0.4, -0.2) is 19.4 Å². The zero-order chi connectivity index (χ0) is 14.6. The summed E-state index contributed by atoms with van der Waals surface area (Å²) < 4.78 is 45.0. The lowest BCUT2D eigenvalue weighted by Crippen LogP contribution is -2.34. The monoisotopic (exact) mass is 298 g/mol. The van der Waals surface area contributed by atoms with Crippen molar-refractivity contribution in [1.82, 2.24) is 9.71 Å². The van der Waals surface area contributed by atoms with Crippen LogP contribution in [0.3, 0.4) is 0 Å². The second-order valence-corrected chi connectivity index (χ2v) is 6.06. The maximum absolute atomic E-state index is 13.4. The Morgan fingerprint density at radius 2 is 2.20 bits per heavy atom. The lowest BCUT2D eigenvalue weighted by atomic mass is 10.2. The standard InChI is InChI=1S/C13H15FN2O3S/c1-10(6-7-11-4-3-9-19-11)16-20(17,18)13-12(14)5-2-8-15-13/h2-5,8-10,16H,6-7H2,1H3. The highest BCUT2D eigenvalue weighted by molar-refractivity contribution is 7.89. The molecule has 0 saturated heterocycles. The number of nitrogens with zero attached hydrogens (tertiary/aromatic N) is 1. The van der Waals surface area contributed by atoms with Crippen molar-refractivity contribution in [3.05, 3.63) is 48.3 Å². The van der Waals surface area contributed by atoms with E-state index in [9.17, 15) is 12.8 Å². The Hall–Kier alpha value is -1.73. The van der Waals surface area contributed by atoms with E-state index in [1.165, 1.54) is 12.3 Å². The highest BCUT2D eigenvalue weighted by Gasteiger charge is 2.22. The second-order valence-electron chi connectivity index (χ2n) is 4.43. The van der Waals surface area contributed by atoms with Crippen LogP contribution in [0, 0.1) is 5.82 Å². The van der Waals surface area contributed by atoms with Crippen LogP contribution in [0.5, 0.6) is 0 Å². The summed E-state index contributed by atoms with van der Waals surface area (Å²) in [7, 11) is -3.95. The van der Waals surface area contributed by atoms with Crippen molar-refractivity contribution in [2.24, 2.45) is 0 Å². The maximum Gasteiger partial charge on any atom is 0.261 e. The van der Waals surface area contributed by atoms with Crippen LogP contribution in [0.15, 0.2) is 46.2 Å². The molecule has 2 aromatic heterocycles. The molecule has 1 N–H and O–H groups in total. The molecule has 0 aliphatic heterocycles. The van der Waals surface area contributed by atoms with Crippen molar-refractivity contribution in [2.45, 2.75) is 30.8 Å². The molecule has 0 aliphatic carbocycles. The van der Waals surface area contributed by atoms with E-state index < -0.39 is 20.9 Å². The predicted molar refractivity (Wildman–Crippen MR) is 71.0 cm³/mol. The zero-order valence-electron chi connectivity index (χ0n) is 10.9. The summed E-state index contributed by atoms with van der Waals surface area (Å²) in [5.74, 6) is -0.0849. The van der Waals surface area contributed by atoms with E-state index in [1.54, 1.807) is 19.3 Å². The van der Waals surface area contributed by atoms with Gasteiger partial charge in [-0.1, -0.05) is 0 Å². The molecule has 0 bridgehead atoms. The summed E-state index contributed by atoms with van der Waals surface area (Å²) in [6, 6.07) is 5.64. The fourth-order valence-corrected chi connectivity index (χ4v) is 3.05. The lowest BCUT2D eigenvalue weighted by molar-refractivity contribution is 0.478. The third-order valence-corrected chi connectivity index (χ3v) is 4.26. The van der Waals surface area contributed by atoms with Gasteiger partial charge in [0.2, 0.25) is 5.03 Å². The van der Waals surface area contributed by atoms with Gasteiger partial charge in [-0.05, 0) is 37.6 Å². The van der Waals surface area contributed by atoms with Crippen LogP contribution in [0.1, 0.15) is 19.1 Å². The van der Waals surface area contributed by atoms with Gasteiger partial charge in [0.1, 0.15) is 5.76 Å². The molecule has 0 aliphatic rings. The van der Waals surface area contributed by atoms with Crippen molar-refractivity contribution < 1.29 is 17.2 Å². The molecule has 2 aromatic rings. The number of sulfonamides is 1. The first-order valence-electron chi connectivity index (χ1n) is 6.14. The molecule has 0 saturated carbocycles. The Kier molecular flexibility index (Phi) is 4.51. The zero-order valence-corrected chi connectivity index (χ0v) is 11.7. The molecule has 0 spiro atoms. The van der Waals surface area contributed by atoms with Gasteiger partial charge in [-0.25, -0.2) is 22.5 Å². The van der Waals surface area contributed by atoms with Crippen molar-refractivity contribution in [3.63, 3.8) is 0 Å². The van der Waals surface area contributed by atoms with E-state index in [0.717, 1.165) is 11.8 Å². The van der Waals surface area contributed by atoms with Crippen molar-refractivity contribution >= 4 is 10.0 Å². The van der Waals surface area contributed by atoms with Gasteiger partial charge in [-0.3, -0.25) is 0 Å². The van der Waals surface area contributed by atoms with E-state index in [4.69, 9.17) is 4.42 Å². The molecule has 1 atom stereocenters. The fourth-order valence-electron chi connectivity index (χ4n) is 1.76. The molecule has 2 heterocycles. The van der Waals surface area contributed by atoms with Gasteiger partial charge in [-0.15, -0.1) is 0 Å². The number of furan rings is 1. The van der Waals surface area contributed by atoms with Crippen molar-refractivity contribution in [1.29, 1.82) is 0 Å². The SMILES string of the molecule is CC(CCc1ccco1)NS(=O)(=O)c1ncccc1F. The molecule has 20 heavy (non-hydrogen) atoms. The highest BCUT2D eigenvalue weighted by Crippen LogP contribution is 2.12. The summed E-state index contributed by atoms with van der Waals surface area (Å²) in [6.07, 6.45) is 3.95. The Morgan fingerprint density at radius 1 is 1.40 bits per heavy atom. The second kappa shape index (κ2) is 6.15. The van der Waals surface area contributed by atoms with Crippen LogP contribution >= 0.6 is 0 Å². The highest BCUT2D eigenvalue weighted by atomic mass is 32.2. The van der Waals surface area contributed by atoms with Crippen molar-refractivity contribution in [3.8, 4) is 0 Å². The summed E-state index contributed by atoms with van der Waals surface area (Å²) in [6.45, 7) is 1.71. The number of halogens is 1. The molecular formula is C13H15FN2O3S. The van der Waals surface area contributed by atoms with E-state index >= 15 is 0 Å². The van der Waals surface area contributed by atoms with Crippen LogP contribution in [-0.2, 0) is 16.4 Å². The van der Waals surface area contributed by atoms with Gasteiger partial charge in [-0.2, -0.15) is 0 Å². The van der Waals surface area contributed by atoms with Gasteiger partial charge < -0.3 is 4.42 Å². The van der Waals surface area contributed by atoms with E-state index in [0.29, 0.717) is 12.8 Å². The lowest BCUT2D eigenvalue weighted by Gasteiger charge is -2.13. The molecule has 1 unspecified atom stereocenters. The molecule has 0 aromatic carbocycles. The summed E-state index contributed by atoms with van der Waals surface area (Å²) in [5.41, 5.74) is 0. The Balaban J connectivity index is 1.99. The van der Waals surface area contributed by atoms with Crippen LogP contribution < -0.4 is 4.72 Å². The average Bonchev–Trinajstić information content (AvgIpc) is 2.89. The molecule has 0 fully saturated rings. The predicted octanol–water partition coefficient (Wildman–Crippen LogP) is 2.11. The maximum atomic E-state index is 13.4. The largest absolute Gasteiger partial charge is 0.469 e. The smallest absolute Gasteiger partial charge is 0.261 e. The van der Waals surface area contributed by atoms with Crippen molar-refractivity contribution in [2.75, 3.05) is 0 Å². The number of aryl methyl sites for hydroxylation is 1. The first-order valence-corrected chi connectivity index (χ1v) is 7.62. The van der Waals surface area contributed by atoms with Crippen LogP contribution in [0.4, 0.5) is 4.39 Å². The van der Waals surface area contributed by atoms with Gasteiger partial charge in [0.25, 0.3) is 10.0 Å². The number of rotatable bonds is 6. The minimum absolute atomic E-state index is 0.355. The fraction of sp³-hybridized carbons (Fsp3) is 0.308. The van der Waals surface area contributed by atoms with Gasteiger partial charge in [0.15, 0.2) is 5.82 Å². The molecule has 0 radical (unpaired) electrons. The summed E-state index contributed by atoms with van der Waals surface area (Å²) in [4.78, 5) is 3.57. The number of aromatic nitrogens is 1. The minimum atomic E-state index is -3.95. The van der Waals surface area contributed by atoms with E-state index in [2.05, 4.69) is 9.71 Å². The molecular weight excluding hydrogens is 283 g/mol. The Morgan fingerprint density at radius 3 is 2.85 bits per heavy atom. The van der Waals surface area contributed by atoms with E-state index in [-0.39, 0.29) is 6.04 Å². The third kappa shape index (κ3) is 3.64. The molecule has 2 rings (SSSR count). The minimum Gasteiger partial charge on any atom is -0.469 e.